The molecule has 39 heavy (non-hydrogen) atoms. The van der Waals surface area contributed by atoms with Crippen LogP contribution in [-0.4, -0.2) is 69.3 Å². The van der Waals surface area contributed by atoms with Crippen LogP contribution in [0.25, 0.3) is 16.5 Å². The van der Waals surface area contributed by atoms with Crippen molar-refractivity contribution in [2.24, 2.45) is 0 Å². The Kier molecular flexibility index (Phi) is 7.29. The van der Waals surface area contributed by atoms with E-state index in [1.165, 1.54) is 18.2 Å². The van der Waals surface area contributed by atoms with Gasteiger partial charge in [-0.25, -0.2) is 9.97 Å². The fraction of sp³-hybridized carbons (Fsp3) is 0.296. The van der Waals surface area contributed by atoms with E-state index >= 15 is 0 Å². The Morgan fingerprint density at radius 3 is 2.36 bits per heavy atom. The standard InChI is InChI=1S/C27H26F3N7O2/c1-18(17-35-12-14-36(15-13-35)26-31-10-5-11-32-26)33-24(38)23-21-8-2-3-9-22(21)25(39)37(34-23)20-7-4-6-19(16-20)27(28,29)30/h2-11,16,18H,12-15,17H2,1H3,(H,33,38). The number of hydrogen-bond donors (Lipinski definition) is 1. The molecule has 1 N–H and O–H groups in total. The molecule has 3 heterocycles. The summed E-state index contributed by atoms with van der Waals surface area (Å²) >= 11 is 0. The van der Waals surface area contributed by atoms with E-state index in [-0.39, 0.29) is 22.8 Å². The number of nitrogens with zero attached hydrogens (tertiary/aromatic N) is 6. The Morgan fingerprint density at radius 2 is 1.67 bits per heavy atom. The van der Waals surface area contributed by atoms with Crippen LogP contribution in [0.1, 0.15) is 23.0 Å². The highest BCUT2D eigenvalue weighted by atomic mass is 19.4. The Bertz CT molecular complexity index is 1530. The first-order valence-corrected chi connectivity index (χ1v) is 12.5. The smallest absolute Gasteiger partial charge is 0.347 e. The highest BCUT2D eigenvalue weighted by Crippen LogP contribution is 2.30. The van der Waals surface area contributed by atoms with E-state index in [0.717, 1.165) is 43.0 Å². The highest BCUT2D eigenvalue weighted by Gasteiger charge is 2.31. The molecule has 0 saturated carbocycles. The number of rotatable bonds is 6. The number of amides is 1. The number of nitrogens with one attached hydrogen (secondary N) is 1. The largest absolute Gasteiger partial charge is 0.416 e. The van der Waals surface area contributed by atoms with E-state index in [9.17, 15) is 22.8 Å². The molecule has 1 amide bonds. The minimum absolute atomic E-state index is 0.0412. The monoisotopic (exact) mass is 537 g/mol. The topological polar surface area (TPSA) is 96.2 Å². The van der Waals surface area contributed by atoms with Crippen LogP contribution in [0.4, 0.5) is 19.1 Å². The Morgan fingerprint density at radius 1 is 0.974 bits per heavy atom. The SMILES string of the molecule is CC(CN1CCN(c2ncccn2)CC1)NC(=O)c1nn(-c2cccc(C(F)(F)F)c2)c(=O)c2ccccc12. The van der Waals surface area contributed by atoms with Crippen molar-refractivity contribution in [3.8, 4) is 5.69 Å². The summed E-state index contributed by atoms with van der Waals surface area (Å²) in [5, 5.41) is 7.67. The lowest BCUT2D eigenvalue weighted by molar-refractivity contribution is -0.137. The lowest BCUT2D eigenvalue weighted by Crippen LogP contribution is -2.51. The maximum atomic E-state index is 13.4. The van der Waals surface area contributed by atoms with Crippen molar-refractivity contribution in [3.05, 3.63) is 88.6 Å². The molecule has 202 valence electrons. The van der Waals surface area contributed by atoms with Crippen LogP contribution < -0.4 is 15.8 Å². The van der Waals surface area contributed by atoms with Crippen molar-refractivity contribution >= 4 is 22.6 Å². The van der Waals surface area contributed by atoms with Crippen molar-refractivity contribution in [2.45, 2.75) is 19.1 Å². The maximum Gasteiger partial charge on any atom is 0.416 e. The first kappa shape index (κ1) is 26.3. The van der Waals surface area contributed by atoms with Gasteiger partial charge in [0.15, 0.2) is 5.69 Å². The van der Waals surface area contributed by atoms with Crippen LogP contribution in [0.5, 0.6) is 0 Å². The zero-order valence-corrected chi connectivity index (χ0v) is 21.1. The molecule has 0 spiro atoms. The van der Waals surface area contributed by atoms with Crippen molar-refractivity contribution < 1.29 is 18.0 Å². The van der Waals surface area contributed by atoms with Gasteiger partial charge in [-0.1, -0.05) is 24.3 Å². The molecule has 0 aliphatic carbocycles. The predicted octanol–water partition coefficient (Wildman–Crippen LogP) is 3.14. The van der Waals surface area contributed by atoms with Gasteiger partial charge in [-0.2, -0.15) is 23.0 Å². The molecule has 9 nitrogen and oxygen atoms in total. The number of benzene rings is 2. The third-order valence-corrected chi connectivity index (χ3v) is 6.55. The summed E-state index contributed by atoms with van der Waals surface area (Å²) in [5.74, 6) is 0.170. The summed E-state index contributed by atoms with van der Waals surface area (Å²) in [6.07, 6.45) is -1.17. The fourth-order valence-electron chi connectivity index (χ4n) is 4.66. The molecule has 1 unspecified atom stereocenters. The van der Waals surface area contributed by atoms with Crippen LogP contribution in [0, 0.1) is 0 Å². The number of hydrogen-bond acceptors (Lipinski definition) is 7. The van der Waals surface area contributed by atoms with Crippen molar-refractivity contribution in [3.63, 3.8) is 0 Å². The molecule has 4 aromatic rings. The second-order valence-electron chi connectivity index (χ2n) is 9.37. The zero-order valence-electron chi connectivity index (χ0n) is 21.1. The summed E-state index contributed by atoms with van der Waals surface area (Å²) in [6, 6.07) is 12.3. The highest BCUT2D eigenvalue weighted by molar-refractivity contribution is 6.05. The molecule has 0 radical (unpaired) electrons. The second kappa shape index (κ2) is 10.8. The first-order valence-electron chi connectivity index (χ1n) is 12.5. The average molecular weight is 538 g/mol. The van der Waals surface area contributed by atoms with Crippen molar-refractivity contribution in [1.29, 1.82) is 0 Å². The Labute approximate surface area is 221 Å². The number of carbonyl (C=O) groups excluding carboxylic acids is 1. The van der Waals surface area contributed by atoms with Crippen LogP contribution in [-0.2, 0) is 6.18 Å². The molecule has 5 rings (SSSR count). The van der Waals surface area contributed by atoms with Gasteiger partial charge in [-0.15, -0.1) is 0 Å². The van der Waals surface area contributed by atoms with E-state index in [4.69, 9.17) is 0 Å². The van der Waals surface area contributed by atoms with Crippen LogP contribution >= 0.6 is 0 Å². The van der Waals surface area contributed by atoms with Gasteiger partial charge >= 0.3 is 6.18 Å². The molecule has 0 bridgehead atoms. The van der Waals surface area contributed by atoms with Gasteiger partial charge in [0, 0.05) is 56.5 Å². The Balaban J connectivity index is 1.34. The van der Waals surface area contributed by atoms with E-state index in [1.807, 2.05) is 6.92 Å². The molecule has 1 aliphatic rings. The summed E-state index contributed by atoms with van der Waals surface area (Å²) in [6.45, 7) is 5.48. The minimum atomic E-state index is -4.59. The van der Waals surface area contributed by atoms with Crippen LogP contribution in [0.2, 0.25) is 0 Å². The number of anilines is 1. The average Bonchev–Trinajstić information content (AvgIpc) is 2.94. The van der Waals surface area contributed by atoms with Gasteiger partial charge in [0.05, 0.1) is 16.6 Å². The van der Waals surface area contributed by atoms with E-state index in [1.54, 1.807) is 36.7 Å². The minimum Gasteiger partial charge on any atom is -0.347 e. The normalized spacial score (nSPS) is 15.3. The second-order valence-corrected chi connectivity index (χ2v) is 9.37. The summed E-state index contributed by atoms with van der Waals surface area (Å²) in [5.41, 5.74) is -1.65. The van der Waals surface area contributed by atoms with Gasteiger partial charge in [0.2, 0.25) is 5.95 Å². The predicted molar refractivity (Wildman–Crippen MR) is 140 cm³/mol. The summed E-state index contributed by atoms with van der Waals surface area (Å²) in [4.78, 5) is 39.4. The molecule has 1 aliphatic heterocycles. The molecular formula is C27H26F3N7O2. The van der Waals surface area contributed by atoms with E-state index < -0.39 is 23.2 Å². The van der Waals surface area contributed by atoms with Gasteiger partial charge in [0.1, 0.15) is 0 Å². The van der Waals surface area contributed by atoms with Gasteiger partial charge in [-0.3, -0.25) is 14.5 Å². The molecular weight excluding hydrogens is 511 g/mol. The van der Waals surface area contributed by atoms with E-state index in [0.29, 0.717) is 17.9 Å². The molecule has 2 aromatic heterocycles. The van der Waals surface area contributed by atoms with Crippen molar-refractivity contribution in [2.75, 3.05) is 37.6 Å². The third kappa shape index (κ3) is 5.75. The summed E-state index contributed by atoms with van der Waals surface area (Å²) in [7, 11) is 0. The third-order valence-electron chi connectivity index (χ3n) is 6.55. The molecule has 2 aromatic carbocycles. The molecule has 1 atom stereocenters. The quantitative estimate of drug-likeness (QED) is 0.404. The van der Waals surface area contributed by atoms with Gasteiger partial charge in [0.25, 0.3) is 11.5 Å². The molecule has 12 heteroatoms. The fourth-order valence-corrected chi connectivity index (χ4v) is 4.66. The number of carbonyl (C=O) groups is 1. The van der Waals surface area contributed by atoms with Crippen LogP contribution in [0.3, 0.4) is 0 Å². The number of halogens is 3. The van der Waals surface area contributed by atoms with Crippen LogP contribution in [0.15, 0.2) is 71.8 Å². The lowest BCUT2D eigenvalue weighted by Gasteiger charge is -2.35. The number of piperazine rings is 1. The molecule has 1 fully saturated rings. The maximum absolute atomic E-state index is 13.4. The van der Waals surface area contributed by atoms with Crippen molar-refractivity contribution in [1.82, 2.24) is 30.0 Å². The number of aromatic nitrogens is 4. The first-order chi connectivity index (χ1) is 18.7. The lowest BCUT2D eigenvalue weighted by atomic mass is 10.1. The van der Waals surface area contributed by atoms with E-state index in [2.05, 4.69) is 30.2 Å². The zero-order chi connectivity index (χ0) is 27.6. The number of alkyl halides is 3. The number of fused-ring (bicyclic) bond motifs is 1. The molecule has 1 saturated heterocycles. The van der Waals surface area contributed by atoms with Gasteiger partial charge in [-0.05, 0) is 37.3 Å². The summed E-state index contributed by atoms with van der Waals surface area (Å²) < 4.78 is 40.8. The Hall–Kier alpha value is -4.32. The van der Waals surface area contributed by atoms with Gasteiger partial charge < -0.3 is 10.2 Å².